The van der Waals surface area contributed by atoms with Crippen molar-refractivity contribution in [3.8, 4) is 5.75 Å². The molecule has 3 rings (SSSR count). The molecular weight excluding hydrogens is 326 g/mol. The zero-order chi connectivity index (χ0) is 17.2. The Morgan fingerprint density at radius 3 is 2.42 bits per heavy atom. The maximum atomic E-state index is 11.8. The van der Waals surface area contributed by atoms with Gasteiger partial charge in [0, 0.05) is 5.41 Å². The molecule has 1 saturated heterocycles. The van der Waals surface area contributed by atoms with E-state index in [9.17, 15) is 13.8 Å². The lowest BCUT2D eigenvalue weighted by Crippen LogP contribution is -2.27. The Morgan fingerprint density at radius 2 is 1.83 bits per heavy atom. The average Bonchev–Trinajstić information content (AvgIpc) is 2.81. The highest BCUT2D eigenvalue weighted by Gasteiger charge is 2.38. The van der Waals surface area contributed by atoms with Crippen LogP contribution >= 0.6 is 0 Å². The Bertz CT molecular complexity index is 649. The lowest BCUT2D eigenvalue weighted by molar-refractivity contribution is -0.119. The van der Waals surface area contributed by atoms with E-state index >= 15 is 0 Å². The monoisotopic (exact) mass is 349 g/mol. The molecule has 0 bridgehead atoms. The van der Waals surface area contributed by atoms with Crippen molar-refractivity contribution in [1.82, 2.24) is 5.32 Å². The lowest BCUT2D eigenvalue weighted by atomic mass is 9.76. The van der Waals surface area contributed by atoms with Crippen LogP contribution in [0.25, 0.3) is 0 Å². The summed E-state index contributed by atoms with van der Waals surface area (Å²) in [6.45, 7) is 3.00. The highest BCUT2D eigenvalue weighted by molar-refractivity contribution is 8.02. The molecule has 24 heavy (non-hydrogen) atoms. The molecule has 2 atom stereocenters. The molecule has 2 unspecified atom stereocenters. The molecule has 1 aromatic carbocycles. The minimum Gasteiger partial charge on any atom is -0.493 e. The normalized spacial score (nSPS) is 26.2. The second kappa shape index (κ2) is 7.05. The summed E-state index contributed by atoms with van der Waals surface area (Å²) in [6, 6.07) is 7.48. The fourth-order valence-corrected chi connectivity index (χ4v) is 4.43. The largest absolute Gasteiger partial charge is 0.493 e. The van der Waals surface area contributed by atoms with E-state index in [1.54, 1.807) is 0 Å². The van der Waals surface area contributed by atoms with Gasteiger partial charge in [0.2, 0.25) is 5.91 Å². The molecule has 2 fully saturated rings. The van der Waals surface area contributed by atoms with E-state index in [0.29, 0.717) is 6.42 Å². The zero-order valence-electron chi connectivity index (χ0n) is 13.9. The summed E-state index contributed by atoms with van der Waals surface area (Å²) in [5.74, 6) is 0.350. The van der Waals surface area contributed by atoms with E-state index in [1.807, 2.05) is 24.3 Å². The fourth-order valence-electron chi connectivity index (χ4n) is 3.37. The van der Waals surface area contributed by atoms with Crippen molar-refractivity contribution >= 4 is 21.9 Å². The van der Waals surface area contributed by atoms with Gasteiger partial charge in [-0.05, 0) is 37.0 Å². The van der Waals surface area contributed by atoms with Crippen molar-refractivity contribution in [3.05, 3.63) is 29.8 Å². The summed E-state index contributed by atoms with van der Waals surface area (Å²) in [6.07, 6.45) is 6.59. The van der Waals surface area contributed by atoms with Crippen LogP contribution in [0.15, 0.2) is 24.3 Å². The van der Waals surface area contributed by atoms with Gasteiger partial charge >= 0.3 is 5.24 Å². The molecule has 0 aromatic heterocycles. The van der Waals surface area contributed by atoms with Crippen LogP contribution in [-0.2, 0) is 22.0 Å². The van der Waals surface area contributed by atoms with Gasteiger partial charge in [-0.15, -0.1) is 0 Å². The molecule has 1 N–H and O–H groups in total. The first-order chi connectivity index (χ1) is 11.5. The third-order valence-corrected chi connectivity index (χ3v) is 6.32. The molecular formula is C18H23NO4S. The first kappa shape index (κ1) is 17.1. The van der Waals surface area contributed by atoms with Crippen molar-refractivity contribution in [2.45, 2.75) is 50.7 Å². The number of amides is 2. The SMILES string of the molecule is CC1(COc2ccc(CC3C(=O)NC(=O)S3=O)cc2)CCCCC1. The van der Waals surface area contributed by atoms with Gasteiger partial charge in [-0.25, -0.2) is 4.21 Å². The number of nitrogens with one attached hydrogen (secondary N) is 1. The number of ether oxygens (including phenoxy) is 1. The van der Waals surface area contributed by atoms with Crippen LogP contribution in [0.4, 0.5) is 4.79 Å². The van der Waals surface area contributed by atoms with Gasteiger partial charge in [0.05, 0.1) is 6.61 Å². The second-order valence-electron chi connectivity index (χ2n) is 7.07. The molecule has 0 radical (unpaired) electrons. The molecule has 1 heterocycles. The summed E-state index contributed by atoms with van der Waals surface area (Å²) in [5.41, 5.74) is 1.13. The summed E-state index contributed by atoms with van der Waals surface area (Å²) < 4.78 is 17.7. The molecule has 1 aliphatic heterocycles. The van der Waals surface area contributed by atoms with Crippen molar-refractivity contribution in [3.63, 3.8) is 0 Å². The Morgan fingerprint density at radius 1 is 1.17 bits per heavy atom. The van der Waals surface area contributed by atoms with Gasteiger partial charge in [0.25, 0.3) is 0 Å². The second-order valence-corrected chi connectivity index (χ2v) is 8.61. The van der Waals surface area contributed by atoms with Gasteiger partial charge in [0.15, 0.2) is 0 Å². The molecule has 0 spiro atoms. The van der Waals surface area contributed by atoms with E-state index in [2.05, 4.69) is 12.2 Å². The number of rotatable bonds is 5. The molecule has 5 nitrogen and oxygen atoms in total. The zero-order valence-corrected chi connectivity index (χ0v) is 14.7. The Kier molecular flexibility index (Phi) is 5.04. The summed E-state index contributed by atoms with van der Waals surface area (Å²) in [5, 5.41) is 0.631. The molecule has 6 heteroatoms. The minimum atomic E-state index is -1.78. The predicted octanol–water partition coefficient (Wildman–Crippen LogP) is 2.95. The topological polar surface area (TPSA) is 72.5 Å². The summed E-state index contributed by atoms with van der Waals surface area (Å²) in [7, 11) is -1.78. The van der Waals surface area contributed by atoms with Gasteiger partial charge in [-0.2, -0.15) is 0 Å². The molecule has 130 valence electrons. The van der Waals surface area contributed by atoms with E-state index in [1.165, 1.54) is 32.1 Å². The minimum absolute atomic E-state index is 0.260. The Hall–Kier alpha value is -1.69. The number of carbonyl (C=O) groups is 2. The first-order valence-electron chi connectivity index (χ1n) is 8.44. The number of imide groups is 1. The van der Waals surface area contributed by atoms with Crippen LogP contribution in [0.2, 0.25) is 0 Å². The van der Waals surface area contributed by atoms with Crippen LogP contribution in [-0.4, -0.2) is 27.2 Å². The summed E-state index contributed by atoms with van der Waals surface area (Å²) in [4.78, 5) is 22.9. The molecule has 1 aromatic rings. The standard InChI is InChI=1S/C18H23NO4S/c1-18(9-3-2-4-10-18)12-23-14-7-5-13(6-8-14)11-15-16(20)19-17(21)24(15)22/h5-8,15H,2-4,9-12H2,1H3,(H,19,20,21). The first-order valence-corrected chi connectivity index (χ1v) is 9.65. The molecule has 1 aliphatic carbocycles. The highest BCUT2D eigenvalue weighted by Crippen LogP contribution is 2.36. The van der Waals surface area contributed by atoms with Crippen molar-refractivity contribution < 1.29 is 18.5 Å². The van der Waals surface area contributed by atoms with E-state index < -0.39 is 27.2 Å². The van der Waals surface area contributed by atoms with E-state index in [4.69, 9.17) is 4.74 Å². The van der Waals surface area contributed by atoms with Gasteiger partial charge in [-0.3, -0.25) is 14.9 Å². The Balaban J connectivity index is 1.56. The number of benzene rings is 1. The molecule has 2 aliphatic rings. The van der Waals surface area contributed by atoms with Gasteiger partial charge in [-0.1, -0.05) is 38.3 Å². The number of carbonyl (C=O) groups excluding carboxylic acids is 2. The van der Waals surface area contributed by atoms with Crippen molar-refractivity contribution in [1.29, 1.82) is 0 Å². The highest BCUT2D eigenvalue weighted by atomic mass is 32.2. The third kappa shape index (κ3) is 3.86. The average molecular weight is 349 g/mol. The molecule has 2 amide bonds. The van der Waals surface area contributed by atoms with Crippen LogP contribution < -0.4 is 10.1 Å². The molecule has 1 saturated carbocycles. The van der Waals surface area contributed by atoms with Crippen LogP contribution in [0.3, 0.4) is 0 Å². The van der Waals surface area contributed by atoms with Gasteiger partial charge in [0.1, 0.15) is 21.8 Å². The van der Waals surface area contributed by atoms with Crippen LogP contribution in [0, 0.1) is 5.41 Å². The number of hydrogen-bond acceptors (Lipinski definition) is 4. The smallest absolute Gasteiger partial charge is 0.316 e. The maximum absolute atomic E-state index is 11.8. The quantitative estimate of drug-likeness (QED) is 0.887. The predicted molar refractivity (Wildman–Crippen MR) is 92.3 cm³/mol. The van der Waals surface area contributed by atoms with Gasteiger partial charge < -0.3 is 4.74 Å². The fraction of sp³-hybridized carbons (Fsp3) is 0.556. The summed E-state index contributed by atoms with van der Waals surface area (Å²) >= 11 is 0. The number of hydrogen-bond donors (Lipinski definition) is 1. The third-order valence-electron chi connectivity index (χ3n) is 4.95. The lowest BCUT2D eigenvalue weighted by Gasteiger charge is -2.33. The van der Waals surface area contributed by atoms with Crippen LogP contribution in [0.1, 0.15) is 44.6 Å². The van der Waals surface area contributed by atoms with Crippen LogP contribution in [0.5, 0.6) is 5.75 Å². The maximum Gasteiger partial charge on any atom is 0.316 e. The van der Waals surface area contributed by atoms with E-state index in [0.717, 1.165) is 17.9 Å². The Labute approximate surface area is 144 Å². The van der Waals surface area contributed by atoms with Crippen molar-refractivity contribution in [2.75, 3.05) is 6.61 Å². The van der Waals surface area contributed by atoms with Crippen molar-refractivity contribution in [2.24, 2.45) is 5.41 Å². The van der Waals surface area contributed by atoms with E-state index in [-0.39, 0.29) is 5.41 Å².